The fraction of sp³-hybridized carbons (Fsp3) is 0.733. The highest BCUT2D eigenvalue weighted by atomic mass is 31.2. The molecule has 0 aliphatic rings. The summed E-state index contributed by atoms with van der Waals surface area (Å²) in [5, 5.41) is 2.55. The van der Waals surface area contributed by atoms with E-state index < -0.39 is 50.5 Å². The summed E-state index contributed by atoms with van der Waals surface area (Å²) in [5.41, 5.74) is -3.62. The lowest BCUT2D eigenvalue weighted by Gasteiger charge is -2.36. The summed E-state index contributed by atoms with van der Waals surface area (Å²) >= 11 is 0. The average Bonchev–Trinajstić information content (AvgIpc) is 2.90. The fourth-order valence-electron chi connectivity index (χ4n) is 4.16. The van der Waals surface area contributed by atoms with Crippen LogP contribution in [0.5, 0.6) is 0 Å². The van der Waals surface area contributed by atoms with E-state index in [1.54, 1.807) is 45.4 Å². The third-order valence-corrected chi connectivity index (χ3v) is 8.24. The molecule has 0 aromatic heterocycles. The van der Waals surface area contributed by atoms with Crippen LogP contribution < -0.4 is 10.2 Å². The van der Waals surface area contributed by atoms with Crippen molar-refractivity contribution in [1.29, 1.82) is 0 Å². The van der Waals surface area contributed by atoms with E-state index in [1.807, 2.05) is 13.0 Å². The van der Waals surface area contributed by atoms with E-state index in [2.05, 4.69) is 12.2 Å². The number of carbonyl (C=O) groups is 2. The van der Waals surface area contributed by atoms with Gasteiger partial charge in [-0.3, -0.25) is 4.79 Å². The molecule has 1 rings (SSSR count). The minimum absolute atomic E-state index is 0.0760. The van der Waals surface area contributed by atoms with Crippen LogP contribution in [0.4, 0.5) is 13.6 Å². The highest BCUT2D eigenvalue weighted by Crippen LogP contribution is 2.56. The molecule has 0 bridgehead atoms. The first kappa shape index (κ1) is 38.0. The maximum atomic E-state index is 15.4. The maximum absolute atomic E-state index is 15.4. The molecule has 12 heteroatoms. The van der Waals surface area contributed by atoms with Crippen molar-refractivity contribution in [2.24, 2.45) is 0 Å². The molecule has 0 aliphatic heterocycles. The quantitative estimate of drug-likeness (QED) is 0.0691. The zero-order valence-corrected chi connectivity index (χ0v) is 26.8. The first-order valence-corrected chi connectivity index (χ1v) is 16.6. The van der Waals surface area contributed by atoms with E-state index in [4.69, 9.17) is 14.0 Å². The number of carbonyl (C=O) groups excluding carboxylic acids is 2. The van der Waals surface area contributed by atoms with Gasteiger partial charge in [-0.25, -0.2) is 4.79 Å². The van der Waals surface area contributed by atoms with Crippen molar-refractivity contribution in [3.8, 4) is 0 Å². The number of ether oxygens (including phenoxy) is 2. The summed E-state index contributed by atoms with van der Waals surface area (Å²) in [7, 11) is -0.353. The van der Waals surface area contributed by atoms with Crippen LogP contribution >= 0.6 is 7.60 Å². The summed E-state index contributed by atoms with van der Waals surface area (Å²) in [6, 6.07) is 7.39. The predicted octanol–water partition coefficient (Wildman–Crippen LogP) is 6.39. The molecule has 242 valence electrons. The second kappa shape index (κ2) is 19.3. The van der Waals surface area contributed by atoms with Crippen molar-refractivity contribution >= 4 is 19.7 Å². The molecule has 3 atom stereocenters. The van der Waals surface area contributed by atoms with Crippen LogP contribution in [0.25, 0.3) is 0 Å². The van der Waals surface area contributed by atoms with Gasteiger partial charge in [-0.05, 0) is 24.8 Å². The van der Waals surface area contributed by atoms with Crippen molar-refractivity contribution in [3.63, 3.8) is 0 Å². The Bertz CT molecular complexity index is 961. The van der Waals surface area contributed by atoms with Crippen LogP contribution in [-0.4, -0.2) is 68.6 Å². The number of hydrogen-bond donors (Lipinski definition) is 1. The number of nitrogens with zero attached hydrogens (tertiary/aromatic N) is 1. The minimum atomic E-state index is -5.69. The van der Waals surface area contributed by atoms with Gasteiger partial charge in [-0.15, -0.1) is 0 Å². The van der Waals surface area contributed by atoms with E-state index in [-0.39, 0.29) is 26.0 Å². The smallest absolute Gasteiger partial charge is 0.508 e. The van der Waals surface area contributed by atoms with Crippen LogP contribution in [0.15, 0.2) is 30.3 Å². The first-order chi connectivity index (χ1) is 19.7. The standard InChI is InChI=1S/C30H51F2N2O7P/c1-6-8-10-11-16-19-27(41-29(36)39-24-25-17-14-12-15-18-25)26(33-28(35)20-13-9-7-2)23-30(31,32)42(37,38)40-22-21-34(3,4)5/h12,14-15,17-18,26-27H,6-11,13,16,19-24H2,1-5H3,(H-,33,35,37,38)/t26-,27+/m0/s1. The van der Waals surface area contributed by atoms with Gasteiger partial charge in [0.2, 0.25) is 13.5 Å². The number of hydrogen-bond acceptors (Lipinski definition) is 7. The highest BCUT2D eigenvalue weighted by molar-refractivity contribution is 7.52. The van der Waals surface area contributed by atoms with Gasteiger partial charge in [0.05, 0.1) is 27.2 Å². The van der Waals surface area contributed by atoms with Gasteiger partial charge in [0.25, 0.3) is 0 Å². The van der Waals surface area contributed by atoms with Crippen molar-refractivity contribution in [3.05, 3.63) is 35.9 Å². The molecular formula is C30H51F2N2O7P. The van der Waals surface area contributed by atoms with Gasteiger partial charge in [-0.1, -0.05) is 82.7 Å². The number of rotatable bonds is 22. The van der Waals surface area contributed by atoms with Gasteiger partial charge in [0, 0.05) is 12.8 Å². The Kier molecular flexibility index (Phi) is 17.4. The third-order valence-electron chi connectivity index (χ3n) is 6.73. The van der Waals surface area contributed by atoms with E-state index >= 15 is 8.78 Å². The topological polar surface area (TPSA) is 114 Å². The minimum Gasteiger partial charge on any atom is -0.774 e. The number of unbranched alkanes of at least 4 members (excludes halogenated alkanes) is 6. The Morgan fingerprint density at radius 3 is 2.24 bits per heavy atom. The highest BCUT2D eigenvalue weighted by Gasteiger charge is 2.47. The van der Waals surface area contributed by atoms with Crippen molar-refractivity contribution in [2.75, 3.05) is 34.3 Å². The van der Waals surface area contributed by atoms with E-state index in [0.717, 1.165) is 38.5 Å². The molecule has 0 spiro atoms. The fourth-order valence-corrected chi connectivity index (χ4v) is 5.09. The molecule has 0 fully saturated rings. The normalized spacial score (nSPS) is 15.0. The molecule has 0 saturated carbocycles. The lowest BCUT2D eigenvalue weighted by molar-refractivity contribution is -0.870. The summed E-state index contributed by atoms with van der Waals surface area (Å²) in [4.78, 5) is 38.0. The van der Waals surface area contributed by atoms with Gasteiger partial charge in [0.1, 0.15) is 25.9 Å². The van der Waals surface area contributed by atoms with Gasteiger partial charge in [0.15, 0.2) is 0 Å². The molecule has 0 saturated heterocycles. The zero-order valence-electron chi connectivity index (χ0n) is 25.9. The Balaban J connectivity index is 3.15. The lowest BCUT2D eigenvalue weighted by atomic mass is 9.99. The average molecular weight is 621 g/mol. The SMILES string of the molecule is CCCCCCC[C@@H](OC(=O)OCc1ccccc1)[C@H](CC(F)(F)P(=O)([O-])OCC[N+](C)(C)C)NC(=O)CCCCC. The molecule has 1 N–H and O–H groups in total. The predicted molar refractivity (Wildman–Crippen MR) is 157 cm³/mol. The van der Waals surface area contributed by atoms with Crippen LogP contribution in [-0.2, 0) is 30.0 Å². The van der Waals surface area contributed by atoms with Crippen LogP contribution in [0.1, 0.15) is 90.0 Å². The van der Waals surface area contributed by atoms with E-state index in [0.29, 0.717) is 22.9 Å². The molecule has 1 unspecified atom stereocenters. The number of alkyl halides is 2. The number of benzene rings is 1. The number of amides is 1. The Morgan fingerprint density at radius 1 is 1.00 bits per heavy atom. The van der Waals surface area contributed by atoms with Crippen LogP contribution in [0.2, 0.25) is 0 Å². The Labute approximate surface area is 250 Å². The number of quaternary nitrogens is 1. The van der Waals surface area contributed by atoms with Crippen LogP contribution in [0, 0.1) is 0 Å². The Morgan fingerprint density at radius 2 is 1.62 bits per heavy atom. The molecule has 0 aliphatic carbocycles. The molecule has 42 heavy (non-hydrogen) atoms. The second-order valence-electron chi connectivity index (χ2n) is 11.7. The second-order valence-corrected chi connectivity index (χ2v) is 13.6. The molecular weight excluding hydrogens is 569 g/mol. The summed E-state index contributed by atoms with van der Waals surface area (Å²) < 4.78 is 59.1. The molecule has 0 radical (unpaired) electrons. The lowest BCUT2D eigenvalue weighted by Crippen LogP contribution is -2.49. The monoisotopic (exact) mass is 620 g/mol. The van der Waals surface area contributed by atoms with Crippen molar-refractivity contribution < 1.29 is 46.3 Å². The van der Waals surface area contributed by atoms with E-state index in [1.165, 1.54) is 0 Å². The van der Waals surface area contributed by atoms with Crippen molar-refractivity contribution in [2.45, 2.75) is 109 Å². The number of likely N-dealkylation sites (N-methyl/N-ethyl adjacent to an activating group) is 1. The molecule has 1 aromatic rings. The van der Waals surface area contributed by atoms with Gasteiger partial charge < -0.3 is 33.3 Å². The molecule has 0 heterocycles. The Hall–Kier alpha value is -2.07. The maximum Gasteiger partial charge on any atom is 0.508 e. The largest absolute Gasteiger partial charge is 0.774 e. The van der Waals surface area contributed by atoms with Crippen LogP contribution in [0.3, 0.4) is 0 Å². The first-order valence-electron chi connectivity index (χ1n) is 15.0. The summed E-state index contributed by atoms with van der Waals surface area (Å²) in [5.74, 6) is -0.520. The third kappa shape index (κ3) is 16.0. The number of halogens is 2. The molecule has 1 aromatic carbocycles. The number of nitrogens with one attached hydrogen (secondary N) is 1. The summed E-state index contributed by atoms with van der Waals surface area (Å²) in [6.07, 6.45) is 2.95. The molecule has 9 nitrogen and oxygen atoms in total. The van der Waals surface area contributed by atoms with Gasteiger partial charge >= 0.3 is 11.8 Å². The zero-order chi connectivity index (χ0) is 31.7. The van der Waals surface area contributed by atoms with Gasteiger partial charge in [-0.2, -0.15) is 8.78 Å². The summed E-state index contributed by atoms with van der Waals surface area (Å²) in [6.45, 7) is 3.70. The molecule has 1 amide bonds. The van der Waals surface area contributed by atoms with E-state index in [9.17, 15) is 19.0 Å². The van der Waals surface area contributed by atoms with Crippen molar-refractivity contribution in [1.82, 2.24) is 5.32 Å².